The summed E-state index contributed by atoms with van der Waals surface area (Å²) in [5.41, 5.74) is 6.05. The number of aryl methyl sites for hydroxylation is 1. The average Bonchev–Trinajstić information content (AvgIpc) is 2.50. The second-order valence-electron chi connectivity index (χ2n) is 3.20. The van der Waals surface area contributed by atoms with Crippen LogP contribution in [0.3, 0.4) is 0 Å². The van der Waals surface area contributed by atoms with Crippen LogP contribution in [0.15, 0.2) is 12.3 Å². The Labute approximate surface area is 83.3 Å². The number of hydrogen-bond donors (Lipinski definition) is 2. The third kappa shape index (κ3) is 4.04. The topological polar surface area (TPSA) is 72.9 Å². The van der Waals surface area contributed by atoms with Gasteiger partial charge in [-0.2, -0.15) is 5.10 Å². The highest BCUT2D eigenvalue weighted by Crippen LogP contribution is 1.93. The summed E-state index contributed by atoms with van der Waals surface area (Å²) in [5.74, 6) is -0.268. The number of carbonyl (C=O) groups is 1. The number of primary amides is 1. The van der Waals surface area contributed by atoms with Crippen LogP contribution in [0.1, 0.15) is 12.1 Å². The molecule has 1 heterocycles. The van der Waals surface area contributed by atoms with Crippen molar-refractivity contribution in [3.05, 3.63) is 18.0 Å². The third-order valence-corrected chi connectivity index (χ3v) is 1.87. The zero-order chi connectivity index (χ0) is 10.4. The molecule has 0 saturated carbocycles. The van der Waals surface area contributed by atoms with E-state index in [1.807, 2.05) is 19.3 Å². The van der Waals surface area contributed by atoms with E-state index < -0.39 is 0 Å². The molecule has 0 aliphatic rings. The minimum Gasteiger partial charge on any atom is -0.370 e. The molecule has 0 spiro atoms. The molecule has 14 heavy (non-hydrogen) atoms. The Morgan fingerprint density at radius 3 is 3.00 bits per heavy atom. The lowest BCUT2D eigenvalue weighted by atomic mass is 10.3. The van der Waals surface area contributed by atoms with Gasteiger partial charge in [-0.15, -0.1) is 0 Å². The lowest BCUT2D eigenvalue weighted by Crippen LogP contribution is -2.23. The van der Waals surface area contributed by atoms with E-state index in [2.05, 4.69) is 10.4 Å². The first kappa shape index (κ1) is 10.7. The Morgan fingerprint density at radius 1 is 1.64 bits per heavy atom. The predicted molar refractivity (Wildman–Crippen MR) is 53.6 cm³/mol. The maximum atomic E-state index is 10.4. The SMILES string of the molecule is Cn1ccc(CCNCCC(N)=O)n1. The van der Waals surface area contributed by atoms with Gasteiger partial charge in [0.2, 0.25) is 5.91 Å². The zero-order valence-electron chi connectivity index (χ0n) is 8.36. The average molecular weight is 196 g/mol. The van der Waals surface area contributed by atoms with E-state index in [0.717, 1.165) is 18.7 Å². The first-order chi connectivity index (χ1) is 6.68. The first-order valence-electron chi connectivity index (χ1n) is 4.66. The van der Waals surface area contributed by atoms with Crippen LogP contribution in [0.25, 0.3) is 0 Å². The van der Waals surface area contributed by atoms with E-state index >= 15 is 0 Å². The molecule has 0 aliphatic carbocycles. The van der Waals surface area contributed by atoms with Crippen molar-refractivity contribution in [2.75, 3.05) is 13.1 Å². The van der Waals surface area contributed by atoms with Crippen molar-refractivity contribution >= 4 is 5.91 Å². The van der Waals surface area contributed by atoms with Gasteiger partial charge in [0.25, 0.3) is 0 Å². The number of aromatic nitrogens is 2. The summed E-state index contributed by atoms with van der Waals surface area (Å²) >= 11 is 0. The van der Waals surface area contributed by atoms with Gasteiger partial charge < -0.3 is 11.1 Å². The van der Waals surface area contributed by atoms with Crippen LogP contribution in [0.2, 0.25) is 0 Å². The molecule has 0 bridgehead atoms. The number of nitrogens with one attached hydrogen (secondary N) is 1. The fraction of sp³-hybridized carbons (Fsp3) is 0.556. The van der Waals surface area contributed by atoms with E-state index in [0.29, 0.717) is 13.0 Å². The predicted octanol–water partition coefficient (Wildman–Crippen LogP) is -0.572. The summed E-state index contributed by atoms with van der Waals surface area (Å²) in [6.07, 6.45) is 3.18. The molecular weight excluding hydrogens is 180 g/mol. The maximum Gasteiger partial charge on any atom is 0.218 e. The van der Waals surface area contributed by atoms with Crippen molar-refractivity contribution in [2.45, 2.75) is 12.8 Å². The van der Waals surface area contributed by atoms with Crippen LogP contribution in [0.4, 0.5) is 0 Å². The van der Waals surface area contributed by atoms with Crippen molar-refractivity contribution in [3.63, 3.8) is 0 Å². The summed E-state index contributed by atoms with van der Waals surface area (Å²) in [5, 5.41) is 7.35. The molecule has 0 aromatic carbocycles. The standard InChI is InChI=1S/C9H16N4O/c1-13-7-4-8(12-13)2-5-11-6-3-9(10)14/h4,7,11H,2-3,5-6H2,1H3,(H2,10,14). The summed E-state index contributed by atoms with van der Waals surface area (Å²) in [6, 6.07) is 1.98. The Bertz CT molecular complexity index is 295. The molecule has 1 rings (SSSR count). The van der Waals surface area contributed by atoms with Crippen LogP contribution in [0.5, 0.6) is 0 Å². The van der Waals surface area contributed by atoms with Crippen LogP contribution >= 0.6 is 0 Å². The normalized spacial score (nSPS) is 10.4. The molecule has 0 saturated heterocycles. The Balaban J connectivity index is 2.07. The summed E-state index contributed by atoms with van der Waals surface area (Å²) < 4.78 is 1.78. The molecule has 1 aromatic rings. The fourth-order valence-corrected chi connectivity index (χ4v) is 1.15. The molecular formula is C9H16N4O. The van der Waals surface area contributed by atoms with E-state index in [1.54, 1.807) is 4.68 Å². The molecule has 5 nitrogen and oxygen atoms in total. The van der Waals surface area contributed by atoms with Crippen molar-refractivity contribution in [1.29, 1.82) is 0 Å². The lowest BCUT2D eigenvalue weighted by molar-refractivity contribution is -0.117. The van der Waals surface area contributed by atoms with Crippen molar-refractivity contribution in [3.8, 4) is 0 Å². The fourth-order valence-electron chi connectivity index (χ4n) is 1.15. The molecule has 3 N–H and O–H groups in total. The Kier molecular flexibility index (Phi) is 4.12. The Morgan fingerprint density at radius 2 is 2.43 bits per heavy atom. The van der Waals surface area contributed by atoms with Gasteiger partial charge in [-0.05, 0) is 6.07 Å². The molecule has 0 unspecified atom stereocenters. The van der Waals surface area contributed by atoms with Crippen LogP contribution < -0.4 is 11.1 Å². The molecule has 1 aromatic heterocycles. The number of nitrogens with two attached hydrogens (primary N) is 1. The van der Waals surface area contributed by atoms with Crippen LogP contribution in [-0.2, 0) is 18.3 Å². The number of nitrogens with zero attached hydrogens (tertiary/aromatic N) is 2. The number of hydrogen-bond acceptors (Lipinski definition) is 3. The molecule has 5 heteroatoms. The molecule has 0 radical (unpaired) electrons. The highest BCUT2D eigenvalue weighted by molar-refractivity contribution is 5.73. The minimum absolute atomic E-state index is 0.268. The summed E-state index contributed by atoms with van der Waals surface area (Å²) in [7, 11) is 1.89. The van der Waals surface area contributed by atoms with Crippen molar-refractivity contribution in [1.82, 2.24) is 15.1 Å². The van der Waals surface area contributed by atoms with Gasteiger partial charge in [-0.1, -0.05) is 0 Å². The molecule has 0 atom stereocenters. The smallest absolute Gasteiger partial charge is 0.218 e. The first-order valence-corrected chi connectivity index (χ1v) is 4.66. The largest absolute Gasteiger partial charge is 0.370 e. The van der Waals surface area contributed by atoms with Gasteiger partial charge in [0.1, 0.15) is 0 Å². The maximum absolute atomic E-state index is 10.4. The van der Waals surface area contributed by atoms with Crippen molar-refractivity contribution in [2.24, 2.45) is 12.8 Å². The van der Waals surface area contributed by atoms with Gasteiger partial charge in [0, 0.05) is 39.2 Å². The highest BCUT2D eigenvalue weighted by Gasteiger charge is 1.97. The monoisotopic (exact) mass is 196 g/mol. The molecule has 78 valence electrons. The quantitative estimate of drug-likeness (QED) is 0.598. The molecule has 0 fully saturated rings. The summed E-state index contributed by atoms with van der Waals surface area (Å²) in [4.78, 5) is 10.4. The number of amides is 1. The van der Waals surface area contributed by atoms with E-state index in [-0.39, 0.29) is 5.91 Å². The van der Waals surface area contributed by atoms with E-state index in [9.17, 15) is 4.79 Å². The minimum atomic E-state index is -0.268. The van der Waals surface area contributed by atoms with Crippen molar-refractivity contribution < 1.29 is 4.79 Å². The van der Waals surface area contributed by atoms with Gasteiger partial charge >= 0.3 is 0 Å². The number of carbonyl (C=O) groups excluding carboxylic acids is 1. The number of rotatable bonds is 6. The van der Waals surface area contributed by atoms with Gasteiger partial charge in [0.15, 0.2) is 0 Å². The van der Waals surface area contributed by atoms with Crippen LogP contribution in [0, 0.1) is 0 Å². The van der Waals surface area contributed by atoms with E-state index in [4.69, 9.17) is 5.73 Å². The highest BCUT2D eigenvalue weighted by atomic mass is 16.1. The molecule has 1 amide bonds. The summed E-state index contributed by atoms with van der Waals surface area (Å²) in [6.45, 7) is 1.46. The zero-order valence-corrected chi connectivity index (χ0v) is 8.36. The lowest BCUT2D eigenvalue weighted by Gasteiger charge is -2.00. The second-order valence-corrected chi connectivity index (χ2v) is 3.20. The van der Waals surface area contributed by atoms with Gasteiger partial charge in [-0.3, -0.25) is 9.48 Å². The van der Waals surface area contributed by atoms with E-state index in [1.165, 1.54) is 0 Å². The van der Waals surface area contributed by atoms with Gasteiger partial charge in [-0.25, -0.2) is 0 Å². The van der Waals surface area contributed by atoms with Gasteiger partial charge in [0.05, 0.1) is 5.69 Å². The Hall–Kier alpha value is -1.36. The molecule has 0 aliphatic heterocycles. The third-order valence-electron chi connectivity index (χ3n) is 1.87. The second kappa shape index (κ2) is 5.39. The van der Waals surface area contributed by atoms with Crippen LogP contribution in [-0.4, -0.2) is 28.8 Å².